The summed E-state index contributed by atoms with van der Waals surface area (Å²) >= 11 is 0. The Balaban J connectivity index is 1.40. The van der Waals surface area contributed by atoms with Gasteiger partial charge in [0.25, 0.3) is 0 Å². The van der Waals surface area contributed by atoms with Crippen molar-refractivity contribution in [3.8, 4) is 27.9 Å². The van der Waals surface area contributed by atoms with Crippen LogP contribution in [0.4, 0.5) is 0 Å². The molecule has 0 fully saturated rings. The molecule has 1 heterocycles. The Morgan fingerprint density at radius 1 is 0.333 bits per heavy atom. The minimum Gasteiger partial charge on any atom is -0.309 e. The summed E-state index contributed by atoms with van der Waals surface area (Å²) < 4.78 is 2.37. The molecule has 39 heavy (non-hydrogen) atoms. The molecule has 0 saturated heterocycles. The van der Waals surface area contributed by atoms with Gasteiger partial charge < -0.3 is 4.57 Å². The monoisotopic (exact) mass is 495 g/mol. The smallest absolute Gasteiger partial charge is 0.0541 e. The van der Waals surface area contributed by atoms with Crippen molar-refractivity contribution in [2.45, 2.75) is 0 Å². The predicted molar refractivity (Wildman–Crippen MR) is 167 cm³/mol. The fraction of sp³-hybridized carbons (Fsp3) is 0. The molecule has 1 heteroatoms. The zero-order valence-corrected chi connectivity index (χ0v) is 21.4. The first-order valence-corrected chi connectivity index (χ1v) is 13.5. The van der Waals surface area contributed by atoms with Gasteiger partial charge in [0.2, 0.25) is 0 Å². The Morgan fingerprint density at radius 2 is 0.949 bits per heavy atom. The van der Waals surface area contributed by atoms with Crippen LogP contribution in [-0.4, -0.2) is 4.57 Å². The molecule has 0 radical (unpaired) electrons. The molecule has 7 aromatic carbocycles. The van der Waals surface area contributed by atoms with E-state index in [0.29, 0.717) is 0 Å². The first-order chi connectivity index (χ1) is 19.4. The van der Waals surface area contributed by atoms with E-state index in [9.17, 15) is 0 Å². The van der Waals surface area contributed by atoms with Crippen LogP contribution in [0.2, 0.25) is 0 Å². The largest absolute Gasteiger partial charge is 0.309 e. The Kier molecular flexibility index (Phi) is 4.89. The molecular weight excluding hydrogens is 470 g/mol. The second-order valence-electron chi connectivity index (χ2n) is 10.2. The van der Waals surface area contributed by atoms with Crippen molar-refractivity contribution in [1.29, 1.82) is 0 Å². The summed E-state index contributed by atoms with van der Waals surface area (Å²) in [6.45, 7) is 0. The van der Waals surface area contributed by atoms with Gasteiger partial charge in [-0.1, -0.05) is 115 Å². The summed E-state index contributed by atoms with van der Waals surface area (Å²) in [5.41, 5.74) is 8.63. The quantitative estimate of drug-likeness (QED) is 0.215. The maximum absolute atomic E-state index is 2.37. The van der Waals surface area contributed by atoms with Crippen molar-refractivity contribution in [2.24, 2.45) is 0 Å². The van der Waals surface area contributed by atoms with Gasteiger partial charge in [0.05, 0.1) is 11.0 Å². The van der Waals surface area contributed by atoms with Crippen LogP contribution >= 0.6 is 0 Å². The number of para-hydroxylation sites is 2. The van der Waals surface area contributed by atoms with Crippen molar-refractivity contribution in [3.05, 3.63) is 152 Å². The number of benzene rings is 7. The van der Waals surface area contributed by atoms with Crippen LogP contribution in [0.25, 0.3) is 71.3 Å². The van der Waals surface area contributed by atoms with Crippen molar-refractivity contribution in [3.63, 3.8) is 0 Å². The van der Waals surface area contributed by atoms with Crippen LogP contribution in [0.5, 0.6) is 0 Å². The zero-order valence-electron chi connectivity index (χ0n) is 21.4. The average Bonchev–Trinajstić information content (AvgIpc) is 3.35. The topological polar surface area (TPSA) is 4.93 Å². The third-order valence-electron chi connectivity index (χ3n) is 7.98. The molecule has 0 bridgehead atoms. The highest BCUT2D eigenvalue weighted by Gasteiger charge is 2.16. The summed E-state index contributed by atoms with van der Waals surface area (Å²) in [7, 11) is 0. The molecule has 1 nitrogen and oxygen atoms in total. The molecule has 8 aromatic rings. The highest BCUT2D eigenvalue weighted by molar-refractivity contribution is 6.15. The average molecular weight is 496 g/mol. The number of rotatable bonds is 3. The van der Waals surface area contributed by atoms with Gasteiger partial charge >= 0.3 is 0 Å². The lowest BCUT2D eigenvalue weighted by Crippen LogP contribution is -1.93. The van der Waals surface area contributed by atoms with Crippen LogP contribution in [0.15, 0.2) is 152 Å². The van der Waals surface area contributed by atoms with E-state index in [0.717, 1.165) is 0 Å². The van der Waals surface area contributed by atoms with E-state index in [1.165, 1.54) is 71.3 Å². The Bertz CT molecular complexity index is 2170. The van der Waals surface area contributed by atoms with E-state index < -0.39 is 0 Å². The Morgan fingerprint density at radius 3 is 1.79 bits per heavy atom. The van der Waals surface area contributed by atoms with E-state index in [1.807, 2.05) is 0 Å². The van der Waals surface area contributed by atoms with Crippen LogP contribution < -0.4 is 0 Å². The molecule has 0 aliphatic carbocycles. The molecule has 0 amide bonds. The van der Waals surface area contributed by atoms with E-state index in [4.69, 9.17) is 0 Å². The lowest BCUT2D eigenvalue weighted by atomic mass is 9.89. The number of fused-ring (bicyclic) bond motifs is 6. The van der Waals surface area contributed by atoms with Gasteiger partial charge in [-0.2, -0.15) is 0 Å². The lowest BCUT2D eigenvalue weighted by Gasteiger charge is -2.15. The normalized spacial score (nSPS) is 11.6. The second kappa shape index (κ2) is 8.72. The summed E-state index contributed by atoms with van der Waals surface area (Å²) in [5.74, 6) is 0. The van der Waals surface area contributed by atoms with E-state index >= 15 is 0 Å². The third kappa shape index (κ3) is 3.41. The SMILES string of the molecule is c1ccc(-n2c3ccccc3c3cc(-c4ccccc4-c4cc5ccccc5c5ccccc45)ccc32)cc1. The molecule has 0 unspecified atom stereocenters. The summed E-state index contributed by atoms with van der Waals surface area (Å²) in [4.78, 5) is 0. The molecular formula is C38H25N. The number of hydrogen-bond acceptors (Lipinski definition) is 0. The van der Waals surface area contributed by atoms with Crippen LogP contribution in [0.1, 0.15) is 0 Å². The number of nitrogens with zero attached hydrogens (tertiary/aromatic N) is 1. The summed E-state index contributed by atoms with van der Waals surface area (Å²) in [6.07, 6.45) is 0. The minimum atomic E-state index is 1.18. The van der Waals surface area contributed by atoms with Crippen LogP contribution in [0.3, 0.4) is 0 Å². The van der Waals surface area contributed by atoms with Crippen molar-refractivity contribution >= 4 is 43.4 Å². The summed E-state index contributed by atoms with van der Waals surface area (Å²) in [6, 6.07) is 55.0. The van der Waals surface area contributed by atoms with Gasteiger partial charge in [-0.15, -0.1) is 0 Å². The highest BCUT2D eigenvalue weighted by atomic mass is 15.0. The van der Waals surface area contributed by atoms with Gasteiger partial charge in [0.1, 0.15) is 0 Å². The van der Waals surface area contributed by atoms with E-state index in [-0.39, 0.29) is 0 Å². The molecule has 0 saturated carbocycles. The summed E-state index contributed by atoms with van der Waals surface area (Å²) in [5, 5.41) is 7.68. The lowest BCUT2D eigenvalue weighted by molar-refractivity contribution is 1.18. The molecule has 182 valence electrons. The maximum Gasteiger partial charge on any atom is 0.0541 e. The maximum atomic E-state index is 2.37. The third-order valence-corrected chi connectivity index (χ3v) is 7.98. The van der Waals surface area contributed by atoms with Gasteiger partial charge in [-0.05, 0) is 80.2 Å². The first kappa shape index (κ1) is 21.9. The van der Waals surface area contributed by atoms with Crippen molar-refractivity contribution < 1.29 is 0 Å². The van der Waals surface area contributed by atoms with Crippen molar-refractivity contribution in [1.82, 2.24) is 4.57 Å². The van der Waals surface area contributed by atoms with Crippen molar-refractivity contribution in [2.75, 3.05) is 0 Å². The first-order valence-electron chi connectivity index (χ1n) is 13.5. The van der Waals surface area contributed by atoms with Crippen LogP contribution in [0, 0.1) is 0 Å². The zero-order chi connectivity index (χ0) is 25.8. The second-order valence-corrected chi connectivity index (χ2v) is 10.2. The fourth-order valence-corrected chi connectivity index (χ4v) is 6.24. The predicted octanol–water partition coefficient (Wildman–Crippen LogP) is 10.4. The van der Waals surface area contributed by atoms with Gasteiger partial charge in [0.15, 0.2) is 0 Å². The molecule has 8 rings (SSSR count). The van der Waals surface area contributed by atoms with Gasteiger partial charge in [0, 0.05) is 16.5 Å². The molecule has 0 N–H and O–H groups in total. The molecule has 0 atom stereocenters. The van der Waals surface area contributed by atoms with Gasteiger partial charge in [-0.3, -0.25) is 0 Å². The molecule has 1 aromatic heterocycles. The number of aromatic nitrogens is 1. The Hall–Kier alpha value is -5.14. The Labute approximate surface area is 227 Å². The van der Waals surface area contributed by atoms with Crippen LogP contribution in [-0.2, 0) is 0 Å². The molecule has 0 spiro atoms. The number of hydrogen-bond donors (Lipinski definition) is 0. The minimum absolute atomic E-state index is 1.18. The molecule has 0 aliphatic heterocycles. The van der Waals surface area contributed by atoms with E-state index in [1.54, 1.807) is 0 Å². The van der Waals surface area contributed by atoms with Gasteiger partial charge in [-0.25, -0.2) is 0 Å². The molecule has 0 aliphatic rings. The highest BCUT2D eigenvalue weighted by Crippen LogP contribution is 2.41. The fourth-order valence-electron chi connectivity index (χ4n) is 6.24. The van der Waals surface area contributed by atoms with E-state index in [2.05, 4.69) is 156 Å². The standard InChI is InChI=1S/C38H25N/c1-2-13-28(14-3-1)39-37-21-11-10-20-34(37)36-25-27(22-23-38(36)39)30-16-6-7-18-32(30)35-24-26-12-4-5-15-29(26)31-17-8-9-19-33(31)35/h1-25H.